The number of aliphatic hydroxyl groups excluding tert-OH is 1. The molecule has 0 aliphatic rings. The predicted molar refractivity (Wildman–Crippen MR) is 50.6 cm³/mol. The Labute approximate surface area is 76.7 Å². The maximum absolute atomic E-state index is 9.35. The van der Waals surface area contributed by atoms with Crippen LogP contribution in [0.25, 0.3) is 5.65 Å². The van der Waals surface area contributed by atoms with Crippen molar-refractivity contribution in [1.82, 2.24) is 9.38 Å². The lowest BCUT2D eigenvalue weighted by atomic mass is 10.2. The maximum atomic E-state index is 9.35. The van der Waals surface area contributed by atoms with Crippen molar-refractivity contribution in [1.29, 1.82) is 0 Å². The highest BCUT2D eigenvalue weighted by molar-refractivity contribution is 5.43. The van der Waals surface area contributed by atoms with Gasteiger partial charge in [-0.25, -0.2) is 4.98 Å². The van der Waals surface area contributed by atoms with Crippen LogP contribution in [0.4, 0.5) is 0 Å². The Hall–Kier alpha value is -1.35. The molecule has 0 aliphatic carbocycles. The highest BCUT2D eigenvalue weighted by Gasteiger charge is 2.03. The minimum atomic E-state index is -0.429. The number of pyridine rings is 1. The minimum absolute atomic E-state index is 0.429. The molecule has 2 rings (SSSR count). The van der Waals surface area contributed by atoms with Gasteiger partial charge in [0.25, 0.3) is 0 Å². The molecule has 0 aliphatic heterocycles. The highest BCUT2D eigenvalue weighted by Crippen LogP contribution is 2.14. The van der Waals surface area contributed by atoms with Gasteiger partial charge < -0.3 is 9.51 Å². The van der Waals surface area contributed by atoms with E-state index in [1.165, 1.54) is 0 Å². The Bertz CT molecular complexity index is 431. The van der Waals surface area contributed by atoms with Gasteiger partial charge in [-0.3, -0.25) is 0 Å². The Morgan fingerprint density at radius 1 is 1.54 bits per heavy atom. The van der Waals surface area contributed by atoms with Gasteiger partial charge in [0.2, 0.25) is 0 Å². The largest absolute Gasteiger partial charge is 0.389 e. The van der Waals surface area contributed by atoms with Crippen molar-refractivity contribution in [2.24, 2.45) is 0 Å². The first-order chi connectivity index (χ1) is 6.18. The van der Waals surface area contributed by atoms with E-state index in [9.17, 15) is 5.11 Å². The zero-order valence-electron chi connectivity index (χ0n) is 7.73. The first-order valence-electron chi connectivity index (χ1n) is 4.30. The number of imidazole rings is 1. The van der Waals surface area contributed by atoms with E-state index in [1.807, 2.05) is 35.9 Å². The van der Waals surface area contributed by atoms with Crippen LogP contribution < -0.4 is 0 Å². The third kappa shape index (κ3) is 1.31. The van der Waals surface area contributed by atoms with Crippen LogP contribution in [0.5, 0.6) is 0 Å². The summed E-state index contributed by atoms with van der Waals surface area (Å²) >= 11 is 0. The molecular formula is C10H12N2O. The van der Waals surface area contributed by atoms with Crippen LogP contribution in [-0.2, 0) is 0 Å². The van der Waals surface area contributed by atoms with Crippen LogP contribution in [0, 0.1) is 6.92 Å². The molecule has 1 atom stereocenters. The summed E-state index contributed by atoms with van der Waals surface area (Å²) < 4.78 is 1.99. The summed E-state index contributed by atoms with van der Waals surface area (Å²) in [5, 5.41) is 9.35. The van der Waals surface area contributed by atoms with E-state index in [1.54, 1.807) is 6.92 Å². The van der Waals surface area contributed by atoms with Gasteiger partial charge in [0.15, 0.2) is 0 Å². The molecule has 0 radical (unpaired) electrons. The van der Waals surface area contributed by atoms with Crippen molar-refractivity contribution in [2.75, 3.05) is 0 Å². The summed E-state index contributed by atoms with van der Waals surface area (Å²) in [5.41, 5.74) is 2.89. The summed E-state index contributed by atoms with van der Waals surface area (Å²) in [6.07, 6.45) is 3.32. The topological polar surface area (TPSA) is 37.5 Å². The molecule has 0 spiro atoms. The Morgan fingerprint density at radius 2 is 2.31 bits per heavy atom. The summed E-state index contributed by atoms with van der Waals surface area (Å²) in [4.78, 5) is 4.21. The van der Waals surface area contributed by atoms with Crippen LogP contribution in [0.15, 0.2) is 24.5 Å². The fourth-order valence-corrected chi connectivity index (χ4v) is 1.38. The highest BCUT2D eigenvalue weighted by atomic mass is 16.3. The van der Waals surface area contributed by atoms with Gasteiger partial charge in [-0.05, 0) is 31.5 Å². The molecule has 1 unspecified atom stereocenters. The zero-order valence-corrected chi connectivity index (χ0v) is 7.73. The minimum Gasteiger partial charge on any atom is -0.389 e. The van der Waals surface area contributed by atoms with Gasteiger partial charge in [0.05, 0.1) is 6.10 Å². The number of aliphatic hydroxyl groups is 1. The third-order valence-electron chi connectivity index (χ3n) is 2.20. The number of fused-ring (bicyclic) bond motifs is 1. The van der Waals surface area contributed by atoms with E-state index in [2.05, 4.69) is 4.98 Å². The normalized spacial score (nSPS) is 13.5. The molecule has 0 fully saturated rings. The zero-order chi connectivity index (χ0) is 9.42. The molecule has 2 aromatic rings. The number of rotatable bonds is 1. The summed E-state index contributed by atoms with van der Waals surface area (Å²) in [5.74, 6) is 0. The van der Waals surface area contributed by atoms with Crippen LogP contribution in [0.3, 0.4) is 0 Å². The second-order valence-corrected chi connectivity index (χ2v) is 3.26. The molecule has 2 aromatic heterocycles. The molecule has 0 amide bonds. The Morgan fingerprint density at radius 3 is 3.00 bits per heavy atom. The number of hydrogen-bond donors (Lipinski definition) is 1. The fourth-order valence-electron chi connectivity index (χ4n) is 1.38. The van der Waals surface area contributed by atoms with Crippen molar-refractivity contribution in [2.45, 2.75) is 20.0 Å². The lowest BCUT2D eigenvalue weighted by molar-refractivity contribution is 0.199. The van der Waals surface area contributed by atoms with Gasteiger partial charge >= 0.3 is 0 Å². The molecule has 2 heterocycles. The van der Waals surface area contributed by atoms with Crippen molar-refractivity contribution in [3.8, 4) is 0 Å². The van der Waals surface area contributed by atoms with Crippen LogP contribution in [0.1, 0.15) is 24.3 Å². The molecule has 0 bridgehead atoms. The molecule has 3 heteroatoms. The smallest absolute Gasteiger partial charge is 0.137 e. The monoisotopic (exact) mass is 176 g/mol. The number of nitrogens with zero attached hydrogens (tertiary/aromatic N) is 2. The quantitative estimate of drug-likeness (QED) is 0.718. The maximum Gasteiger partial charge on any atom is 0.137 e. The van der Waals surface area contributed by atoms with Gasteiger partial charge in [-0.15, -0.1) is 0 Å². The average Bonchev–Trinajstić information content (AvgIpc) is 2.47. The molecular weight excluding hydrogens is 164 g/mol. The molecule has 0 saturated carbocycles. The molecule has 3 nitrogen and oxygen atoms in total. The van der Waals surface area contributed by atoms with Gasteiger partial charge in [-0.2, -0.15) is 0 Å². The van der Waals surface area contributed by atoms with Gasteiger partial charge in [-0.1, -0.05) is 0 Å². The summed E-state index contributed by atoms with van der Waals surface area (Å²) in [6, 6.07) is 3.81. The molecule has 0 saturated heterocycles. The summed E-state index contributed by atoms with van der Waals surface area (Å²) in [7, 11) is 0. The second kappa shape index (κ2) is 2.85. The standard InChI is InChI=1S/C10H12N2O/c1-7-6-11-10-5-9(8(2)13)3-4-12(7)10/h3-6,8,13H,1-2H3. The van der Waals surface area contributed by atoms with Crippen molar-refractivity contribution >= 4 is 5.65 Å². The lowest BCUT2D eigenvalue weighted by Gasteiger charge is -2.04. The molecule has 68 valence electrons. The number of aryl methyl sites for hydroxylation is 1. The van der Waals surface area contributed by atoms with E-state index in [0.717, 1.165) is 16.9 Å². The molecule has 1 N–H and O–H groups in total. The van der Waals surface area contributed by atoms with Crippen LogP contribution in [0.2, 0.25) is 0 Å². The number of hydrogen-bond acceptors (Lipinski definition) is 2. The first-order valence-corrected chi connectivity index (χ1v) is 4.30. The van der Waals surface area contributed by atoms with E-state index in [0.29, 0.717) is 0 Å². The fraction of sp³-hybridized carbons (Fsp3) is 0.300. The number of aromatic nitrogens is 2. The van der Waals surface area contributed by atoms with Crippen molar-refractivity contribution < 1.29 is 5.11 Å². The van der Waals surface area contributed by atoms with E-state index >= 15 is 0 Å². The van der Waals surface area contributed by atoms with Gasteiger partial charge in [0.1, 0.15) is 5.65 Å². The Kier molecular flexibility index (Phi) is 1.81. The van der Waals surface area contributed by atoms with Crippen molar-refractivity contribution in [3.63, 3.8) is 0 Å². The third-order valence-corrected chi connectivity index (χ3v) is 2.20. The van der Waals surface area contributed by atoms with E-state index in [-0.39, 0.29) is 0 Å². The SMILES string of the molecule is Cc1cnc2cc(C(C)O)ccn12. The van der Waals surface area contributed by atoms with Crippen LogP contribution >= 0.6 is 0 Å². The van der Waals surface area contributed by atoms with Crippen molar-refractivity contribution in [3.05, 3.63) is 35.8 Å². The van der Waals surface area contributed by atoms with E-state index < -0.39 is 6.10 Å². The Balaban J connectivity index is 2.63. The molecule has 13 heavy (non-hydrogen) atoms. The lowest BCUT2D eigenvalue weighted by Crippen LogP contribution is -1.94. The van der Waals surface area contributed by atoms with Gasteiger partial charge in [0, 0.05) is 18.1 Å². The summed E-state index contributed by atoms with van der Waals surface area (Å²) in [6.45, 7) is 3.75. The predicted octanol–water partition coefficient (Wildman–Crippen LogP) is 1.70. The molecule has 0 aromatic carbocycles. The van der Waals surface area contributed by atoms with Crippen LogP contribution in [-0.4, -0.2) is 14.5 Å². The average molecular weight is 176 g/mol. The first kappa shape index (κ1) is 8.26. The second-order valence-electron chi connectivity index (χ2n) is 3.26. The van der Waals surface area contributed by atoms with E-state index in [4.69, 9.17) is 0 Å².